The summed E-state index contributed by atoms with van der Waals surface area (Å²) in [6, 6.07) is 1.43. The molecule has 0 unspecified atom stereocenters. The first kappa shape index (κ1) is 9.14. The highest BCUT2D eigenvalue weighted by molar-refractivity contribution is 9.10. The van der Waals surface area contributed by atoms with Gasteiger partial charge in [-0.3, -0.25) is 0 Å². The summed E-state index contributed by atoms with van der Waals surface area (Å²) in [5.41, 5.74) is 0.896. The van der Waals surface area contributed by atoms with Gasteiger partial charge in [-0.1, -0.05) is 5.16 Å². The summed E-state index contributed by atoms with van der Waals surface area (Å²) in [6.45, 7) is 1.67. The highest BCUT2D eigenvalue weighted by Crippen LogP contribution is 2.23. The second kappa shape index (κ2) is 3.06. The molecule has 2 aromatic heterocycles. The fourth-order valence-electron chi connectivity index (χ4n) is 1.23. The fraction of sp³-hybridized carbons (Fsp3) is 0.125. The molecular formula is C8H5BrN2O3. The Balaban J connectivity index is 2.90. The highest BCUT2D eigenvalue weighted by Gasteiger charge is 2.16. The Kier molecular flexibility index (Phi) is 1.99. The lowest BCUT2D eigenvalue weighted by molar-refractivity contribution is 0.0698. The number of aromatic nitrogens is 2. The van der Waals surface area contributed by atoms with Gasteiger partial charge in [0.05, 0.1) is 16.6 Å². The maximum Gasteiger partial charge on any atom is 0.336 e. The van der Waals surface area contributed by atoms with Crippen LogP contribution in [0.3, 0.4) is 0 Å². The predicted octanol–water partition coefficient (Wildman–Crippen LogP) is 1.99. The summed E-state index contributed by atoms with van der Waals surface area (Å²) in [7, 11) is 0. The average molecular weight is 257 g/mol. The number of carboxylic acid groups (broad SMARTS) is 1. The van der Waals surface area contributed by atoms with Crippen LogP contribution in [0.1, 0.15) is 16.1 Å². The van der Waals surface area contributed by atoms with Crippen molar-refractivity contribution in [1.29, 1.82) is 0 Å². The quantitative estimate of drug-likeness (QED) is 0.790. The number of hydrogen-bond donors (Lipinski definition) is 1. The van der Waals surface area contributed by atoms with E-state index in [9.17, 15) is 4.79 Å². The van der Waals surface area contributed by atoms with Crippen molar-refractivity contribution in [2.24, 2.45) is 0 Å². The van der Waals surface area contributed by atoms with Crippen LogP contribution in [0.25, 0.3) is 11.1 Å². The Morgan fingerprint density at radius 2 is 2.36 bits per heavy atom. The number of nitrogens with zero attached hydrogens (tertiary/aromatic N) is 2. The molecule has 6 heteroatoms. The van der Waals surface area contributed by atoms with Crippen molar-refractivity contribution < 1.29 is 14.4 Å². The molecule has 0 spiro atoms. The summed E-state index contributed by atoms with van der Waals surface area (Å²) in [6.07, 6.45) is 0. The second-order valence-electron chi connectivity index (χ2n) is 2.75. The first-order chi connectivity index (χ1) is 6.59. The number of rotatable bonds is 1. The van der Waals surface area contributed by atoms with Crippen molar-refractivity contribution in [2.75, 3.05) is 0 Å². The molecule has 2 heterocycles. The summed E-state index contributed by atoms with van der Waals surface area (Å²) >= 11 is 3.10. The van der Waals surface area contributed by atoms with E-state index in [2.05, 4.69) is 26.1 Å². The number of aromatic carboxylic acids is 1. The first-order valence-corrected chi connectivity index (χ1v) is 4.54. The molecule has 1 N–H and O–H groups in total. The Morgan fingerprint density at radius 3 is 3.00 bits per heavy atom. The lowest BCUT2D eigenvalue weighted by Gasteiger charge is -1.96. The highest BCUT2D eigenvalue weighted by atomic mass is 79.9. The average Bonchev–Trinajstić information content (AvgIpc) is 2.46. The van der Waals surface area contributed by atoms with Gasteiger partial charge in [-0.05, 0) is 28.9 Å². The van der Waals surface area contributed by atoms with Crippen LogP contribution in [0.2, 0.25) is 0 Å². The summed E-state index contributed by atoms with van der Waals surface area (Å²) in [4.78, 5) is 14.9. The van der Waals surface area contributed by atoms with Gasteiger partial charge in [0.2, 0.25) is 0 Å². The monoisotopic (exact) mass is 256 g/mol. The lowest BCUT2D eigenvalue weighted by Crippen LogP contribution is -1.98. The number of carbonyl (C=O) groups is 1. The van der Waals surface area contributed by atoms with Gasteiger partial charge in [0.1, 0.15) is 4.60 Å². The van der Waals surface area contributed by atoms with Gasteiger partial charge in [-0.2, -0.15) is 0 Å². The minimum absolute atomic E-state index is 0.139. The van der Waals surface area contributed by atoms with Crippen LogP contribution in [0.4, 0.5) is 0 Å². The molecule has 0 saturated heterocycles. The van der Waals surface area contributed by atoms with Crippen molar-refractivity contribution >= 4 is 33.0 Å². The molecule has 0 radical (unpaired) electrons. The number of fused-ring (bicyclic) bond motifs is 1. The first-order valence-electron chi connectivity index (χ1n) is 3.75. The summed E-state index contributed by atoms with van der Waals surface area (Å²) in [5.74, 6) is -1.02. The maximum atomic E-state index is 10.9. The lowest BCUT2D eigenvalue weighted by atomic mass is 10.1. The summed E-state index contributed by atoms with van der Waals surface area (Å²) < 4.78 is 5.28. The fourth-order valence-corrected chi connectivity index (χ4v) is 1.62. The van der Waals surface area contributed by atoms with Gasteiger partial charge < -0.3 is 9.63 Å². The molecule has 0 aromatic carbocycles. The van der Waals surface area contributed by atoms with Gasteiger partial charge in [0.25, 0.3) is 5.71 Å². The van der Waals surface area contributed by atoms with Crippen molar-refractivity contribution in [2.45, 2.75) is 6.92 Å². The van der Waals surface area contributed by atoms with Crippen molar-refractivity contribution in [3.05, 3.63) is 21.9 Å². The molecule has 0 saturated carbocycles. The molecule has 0 amide bonds. The van der Waals surface area contributed by atoms with E-state index in [1.165, 1.54) is 6.07 Å². The minimum Gasteiger partial charge on any atom is -0.478 e. The molecule has 2 aromatic rings. The second-order valence-corrected chi connectivity index (χ2v) is 3.56. The third kappa shape index (κ3) is 1.27. The van der Waals surface area contributed by atoms with Gasteiger partial charge >= 0.3 is 5.97 Å². The normalized spacial score (nSPS) is 10.7. The Morgan fingerprint density at radius 1 is 1.64 bits per heavy atom. The van der Waals surface area contributed by atoms with E-state index in [4.69, 9.17) is 9.63 Å². The number of hydrogen-bond acceptors (Lipinski definition) is 4. The SMILES string of the molecule is Cc1noc2nc(Br)cc(C(=O)O)c12. The van der Waals surface area contributed by atoms with Crippen molar-refractivity contribution in [3.8, 4) is 0 Å². The molecule has 0 bridgehead atoms. The van der Waals surface area contributed by atoms with Crippen LogP contribution in [0.15, 0.2) is 15.2 Å². The molecular weight excluding hydrogens is 252 g/mol. The molecule has 72 valence electrons. The summed E-state index contributed by atoms with van der Waals surface area (Å²) in [5, 5.41) is 13.0. The van der Waals surface area contributed by atoms with Crippen LogP contribution in [0, 0.1) is 6.92 Å². The van der Waals surface area contributed by atoms with Crippen LogP contribution >= 0.6 is 15.9 Å². The maximum absolute atomic E-state index is 10.9. The van der Waals surface area contributed by atoms with Gasteiger partial charge in [0, 0.05) is 0 Å². The molecule has 2 rings (SSSR count). The standard InChI is InChI=1S/C8H5BrN2O3/c1-3-6-4(8(12)13)2-5(9)10-7(6)14-11-3/h2H,1H3,(H,12,13). The van der Waals surface area contributed by atoms with E-state index in [0.717, 1.165) is 0 Å². The minimum atomic E-state index is -1.02. The number of pyridine rings is 1. The van der Waals surface area contributed by atoms with Gasteiger partial charge in [-0.15, -0.1) is 0 Å². The predicted molar refractivity (Wildman–Crippen MR) is 51.2 cm³/mol. The third-order valence-corrected chi connectivity index (χ3v) is 2.22. The van der Waals surface area contributed by atoms with E-state index < -0.39 is 5.97 Å². The Hall–Kier alpha value is -1.43. The smallest absolute Gasteiger partial charge is 0.336 e. The molecule has 0 aliphatic rings. The van der Waals surface area contributed by atoms with Crippen LogP contribution < -0.4 is 0 Å². The number of halogens is 1. The van der Waals surface area contributed by atoms with E-state index in [-0.39, 0.29) is 11.3 Å². The Labute approximate surface area is 86.9 Å². The van der Waals surface area contributed by atoms with E-state index in [0.29, 0.717) is 15.7 Å². The zero-order valence-electron chi connectivity index (χ0n) is 7.11. The molecule has 0 aliphatic heterocycles. The largest absolute Gasteiger partial charge is 0.478 e. The molecule has 5 nitrogen and oxygen atoms in total. The van der Waals surface area contributed by atoms with E-state index in [1.54, 1.807) is 6.92 Å². The molecule has 0 fully saturated rings. The molecule has 14 heavy (non-hydrogen) atoms. The number of carboxylic acids is 1. The number of aryl methyl sites for hydroxylation is 1. The van der Waals surface area contributed by atoms with Gasteiger partial charge in [-0.25, -0.2) is 9.78 Å². The zero-order valence-corrected chi connectivity index (χ0v) is 8.70. The van der Waals surface area contributed by atoms with Crippen LogP contribution in [0.5, 0.6) is 0 Å². The topological polar surface area (TPSA) is 76.2 Å². The molecule has 0 atom stereocenters. The third-order valence-electron chi connectivity index (χ3n) is 1.82. The van der Waals surface area contributed by atoms with Crippen molar-refractivity contribution in [3.63, 3.8) is 0 Å². The van der Waals surface area contributed by atoms with Crippen LogP contribution in [-0.2, 0) is 0 Å². The van der Waals surface area contributed by atoms with Crippen LogP contribution in [-0.4, -0.2) is 21.2 Å². The van der Waals surface area contributed by atoms with Gasteiger partial charge in [0.15, 0.2) is 0 Å². The Bertz CT molecular complexity index is 521. The van der Waals surface area contributed by atoms with Crippen molar-refractivity contribution in [1.82, 2.24) is 10.1 Å². The zero-order chi connectivity index (χ0) is 10.3. The van der Waals surface area contributed by atoms with E-state index in [1.807, 2.05) is 0 Å². The molecule has 0 aliphatic carbocycles. The van der Waals surface area contributed by atoms with E-state index >= 15 is 0 Å².